The Morgan fingerprint density at radius 2 is 1.91 bits per heavy atom. The fraction of sp³-hybridized carbons (Fsp3) is 0.522. The standard InChI is InChI=1S/C23H26F5N5O2/c1-12(2)33-11-31-17-5-15(4-16(20(17)33)23(26,27)28)35-10-14-7-22(34,6-13(3)32-14)19-9-29-18(8-30-19)21(24)25/h4-5,8-9,11-14,21,32,34H,6-7,10H2,1-3H3/t13-,14-,22-/m0/s1. The zero-order valence-corrected chi connectivity index (χ0v) is 19.4. The van der Waals surface area contributed by atoms with Crippen LogP contribution in [0.5, 0.6) is 5.75 Å². The lowest BCUT2D eigenvalue weighted by molar-refractivity contribution is -0.136. The first-order valence-corrected chi connectivity index (χ1v) is 11.2. The van der Waals surface area contributed by atoms with E-state index in [4.69, 9.17) is 4.74 Å². The Kier molecular flexibility index (Phi) is 6.71. The molecule has 1 aromatic carbocycles. The quantitative estimate of drug-likeness (QED) is 0.476. The SMILES string of the molecule is CC(C)n1cnc2cc(OC[C@@H]3C[C@](O)(c4cnc(C(F)F)cn4)C[C@H](C)N3)cc(C(F)(F)F)c21. The highest BCUT2D eigenvalue weighted by Gasteiger charge is 2.41. The van der Waals surface area contributed by atoms with E-state index in [1.807, 2.05) is 6.92 Å². The first kappa shape index (κ1) is 25.2. The van der Waals surface area contributed by atoms with Gasteiger partial charge < -0.3 is 19.7 Å². The highest BCUT2D eigenvalue weighted by Crippen LogP contribution is 2.39. The molecular weight excluding hydrogens is 473 g/mol. The van der Waals surface area contributed by atoms with Gasteiger partial charge in [-0.05, 0) is 33.3 Å². The minimum absolute atomic E-state index is 0.00322. The Morgan fingerprint density at radius 3 is 2.51 bits per heavy atom. The summed E-state index contributed by atoms with van der Waals surface area (Å²) in [5.74, 6) is 0.00322. The van der Waals surface area contributed by atoms with E-state index in [0.717, 1.165) is 18.5 Å². The third-order valence-corrected chi connectivity index (χ3v) is 6.08. The second-order valence-corrected chi connectivity index (χ2v) is 9.22. The molecule has 1 aliphatic rings. The van der Waals surface area contributed by atoms with E-state index >= 15 is 0 Å². The van der Waals surface area contributed by atoms with Crippen molar-refractivity contribution in [3.05, 3.63) is 47.8 Å². The van der Waals surface area contributed by atoms with Crippen LogP contribution in [0.25, 0.3) is 11.0 Å². The molecule has 1 aliphatic heterocycles. The van der Waals surface area contributed by atoms with Crippen LogP contribution in [0.1, 0.15) is 63.0 Å². The molecule has 0 unspecified atom stereocenters. The van der Waals surface area contributed by atoms with Crippen LogP contribution < -0.4 is 10.1 Å². The van der Waals surface area contributed by atoms with Gasteiger partial charge in [0.2, 0.25) is 0 Å². The third-order valence-electron chi connectivity index (χ3n) is 6.08. The second kappa shape index (κ2) is 9.30. The molecule has 1 saturated heterocycles. The largest absolute Gasteiger partial charge is 0.492 e. The summed E-state index contributed by atoms with van der Waals surface area (Å²) in [5.41, 5.74) is -2.48. The number of hydrogen-bond acceptors (Lipinski definition) is 6. The predicted octanol–water partition coefficient (Wildman–Crippen LogP) is 4.77. The number of nitrogens with zero attached hydrogens (tertiary/aromatic N) is 4. The van der Waals surface area contributed by atoms with Crippen molar-refractivity contribution in [1.29, 1.82) is 0 Å². The topological polar surface area (TPSA) is 85.1 Å². The maximum absolute atomic E-state index is 13.8. The number of nitrogens with one attached hydrogen (secondary N) is 1. The molecule has 12 heteroatoms. The van der Waals surface area contributed by atoms with Crippen LogP contribution in [0.3, 0.4) is 0 Å². The van der Waals surface area contributed by atoms with Crippen molar-refractivity contribution >= 4 is 11.0 Å². The summed E-state index contributed by atoms with van der Waals surface area (Å²) in [7, 11) is 0. The number of benzene rings is 1. The highest BCUT2D eigenvalue weighted by atomic mass is 19.4. The number of halogens is 5. The first-order valence-electron chi connectivity index (χ1n) is 11.2. The van der Waals surface area contributed by atoms with E-state index in [-0.39, 0.29) is 54.0 Å². The summed E-state index contributed by atoms with van der Waals surface area (Å²) in [6, 6.07) is 1.55. The lowest BCUT2D eigenvalue weighted by Gasteiger charge is -2.40. The summed E-state index contributed by atoms with van der Waals surface area (Å²) < 4.78 is 74.3. The average Bonchev–Trinajstić information content (AvgIpc) is 3.20. The summed E-state index contributed by atoms with van der Waals surface area (Å²) >= 11 is 0. The van der Waals surface area contributed by atoms with E-state index in [9.17, 15) is 27.1 Å². The van der Waals surface area contributed by atoms with E-state index in [1.165, 1.54) is 17.0 Å². The number of rotatable bonds is 6. The van der Waals surface area contributed by atoms with Crippen molar-refractivity contribution in [3.63, 3.8) is 0 Å². The third kappa shape index (κ3) is 5.22. The Bertz CT molecular complexity index is 1180. The van der Waals surface area contributed by atoms with E-state index in [0.29, 0.717) is 0 Å². The zero-order chi connectivity index (χ0) is 25.5. The summed E-state index contributed by atoms with van der Waals surface area (Å²) in [5, 5.41) is 14.5. The van der Waals surface area contributed by atoms with Crippen molar-refractivity contribution in [2.45, 2.75) is 69.9 Å². The number of hydrogen-bond donors (Lipinski definition) is 2. The van der Waals surface area contributed by atoms with Crippen LogP contribution in [0.2, 0.25) is 0 Å². The molecule has 0 aliphatic carbocycles. The molecule has 35 heavy (non-hydrogen) atoms. The molecule has 190 valence electrons. The fourth-order valence-corrected chi connectivity index (χ4v) is 4.56. The molecule has 4 rings (SSSR count). The number of aromatic nitrogens is 4. The predicted molar refractivity (Wildman–Crippen MR) is 117 cm³/mol. The highest BCUT2D eigenvalue weighted by molar-refractivity contribution is 5.81. The van der Waals surface area contributed by atoms with Gasteiger partial charge in [-0.3, -0.25) is 9.97 Å². The summed E-state index contributed by atoms with van der Waals surface area (Å²) in [4.78, 5) is 11.8. The Morgan fingerprint density at radius 1 is 1.17 bits per heavy atom. The van der Waals surface area contributed by atoms with E-state index in [2.05, 4.69) is 20.3 Å². The number of fused-ring (bicyclic) bond motifs is 1. The van der Waals surface area contributed by atoms with Gasteiger partial charge in [0, 0.05) is 30.6 Å². The molecule has 0 bridgehead atoms. The Labute approximate surface area is 198 Å². The molecule has 0 spiro atoms. The van der Waals surface area contributed by atoms with Gasteiger partial charge in [0.15, 0.2) is 0 Å². The molecule has 2 N–H and O–H groups in total. The van der Waals surface area contributed by atoms with Crippen molar-refractivity contribution in [1.82, 2.24) is 24.8 Å². The molecule has 1 fully saturated rings. The van der Waals surface area contributed by atoms with Gasteiger partial charge in [-0.2, -0.15) is 13.2 Å². The summed E-state index contributed by atoms with van der Waals surface area (Å²) in [6.45, 7) is 5.33. The lowest BCUT2D eigenvalue weighted by Crippen LogP contribution is -2.53. The minimum atomic E-state index is -4.61. The molecule has 7 nitrogen and oxygen atoms in total. The molecule has 3 aromatic rings. The lowest BCUT2D eigenvalue weighted by atomic mass is 9.82. The smallest absolute Gasteiger partial charge is 0.418 e. The normalized spacial score (nSPS) is 23.4. The molecular formula is C23H26F5N5O2. The van der Waals surface area contributed by atoms with Gasteiger partial charge in [0.25, 0.3) is 6.43 Å². The van der Waals surface area contributed by atoms with E-state index in [1.54, 1.807) is 13.8 Å². The van der Waals surface area contributed by atoms with Gasteiger partial charge >= 0.3 is 6.18 Å². The second-order valence-electron chi connectivity index (χ2n) is 9.22. The van der Waals surface area contributed by atoms with Gasteiger partial charge in [0.1, 0.15) is 23.7 Å². The number of imidazole rings is 1. The number of aliphatic hydroxyl groups is 1. The van der Waals surface area contributed by atoms with Crippen LogP contribution in [0, 0.1) is 0 Å². The maximum Gasteiger partial charge on any atom is 0.418 e. The molecule has 0 amide bonds. The van der Waals surface area contributed by atoms with Crippen LogP contribution in [0.15, 0.2) is 30.9 Å². The van der Waals surface area contributed by atoms with Gasteiger partial charge in [0.05, 0.1) is 41.0 Å². The number of piperidine rings is 1. The maximum atomic E-state index is 13.8. The molecule has 3 atom stereocenters. The fourth-order valence-electron chi connectivity index (χ4n) is 4.56. The number of alkyl halides is 5. The van der Waals surface area contributed by atoms with Gasteiger partial charge in [-0.1, -0.05) is 0 Å². The Balaban J connectivity index is 1.55. The van der Waals surface area contributed by atoms with Crippen LogP contribution in [0.4, 0.5) is 22.0 Å². The van der Waals surface area contributed by atoms with E-state index < -0.39 is 35.5 Å². The van der Waals surface area contributed by atoms with Crippen LogP contribution >= 0.6 is 0 Å². The minimum Gasteiger partial charge on any atom is -0.492 e. The van der Waals surface area contributed by atoms with Gasteiger partial charge in [-0.15, -0.1) is 0 Å². The summed E-state index contributed by atoms with van der Waals surface area (Å²) in [6.07, 6.45) is -3.58. The number of ether oxygens (including phenoxy) is 1. The molecule has 2 aromatic heterocycles. The monoisotopic (exact) mass is 499 g/mol. The molecule has 3 heterocycles. The van der Waals surface area contributed by atoms with Crippen molar-refractivity contribution < 1.29 is 31.8 Å². The molecule has 0 saturated carbocycles. The average molecular weight is 499 g/mol. The zero-order valence-electron chi connectivity index (χ0n) is 19.4. The van der Waals surface area contributed by atoms with Crippen molar-refractivity contribution in [2.75, 3.05) is 6.61 Å². The van der Waals surface area contributed by atoms with Crippen molar-refractivity contribution in [2.24, 2.45) is 0 Å². The first-order chi connectivity index (χ1) is 16.4. The Hall–Kier alpha value is -2.86. The van der Waals surface area contributed by atoms with Gasteiger partial charge in [-0.25, -0.2) is 13.8 Å². The van der Waals surface area contributed by atoms with Crippen LogP contribution in [-0.4, -0.2) is 43.3 Å². The molecule has 0 radical (unpaired) electrons. The van der Waals surface area contributed by atoms with Crippen molar-refractivity contribution in [3.8, 4) is 5.75 Å². The van der Waals surface area contributed by atoms with Crippen LogP contribution in [-0.2, 0) is 11.8 Å².